The van der Waals surface area contributed by atoms with Gasteiger partial charge in [-0.25, -0.2) is 18.1 Å². The number of aryl methyl sites for hydroxylation is 1. The maximum Gasteiger partial charge on any atom is 0.258 e. The smallest absolute Gasteiger partial charge is 0.258 e. The van der Waals surface area contributed by atoms with Crippen LogP contribution in [0.3, 0.4) is 0 Å². The molecule has 0 amide bonds. The quantitative estimate of drug-likeness (QED) is 0.740. The first-order valence-corrected chi connectivity index (χ1v) is 7.77. The highest BCUT2D eigenvalue weighted by atomic mass is 32.2. The number of H-pyrrole nitrogens is 1. The van der Waals surface area contributed by atoms with Crippen molar-refractivity contribution in [3.05, 3.63) is 47.9 Å². The second kappa shape index (κ2) is 6.17. The first-order valence-electron chi connectivity index (χ1n) is 6.29. The van der Waals surface area contributed by atoms with Crippen molar-refractivity contribution >= 4 is 10.0 Å². The molecule has 2 rings (SSSR count). The number of aromatic amines is 1. The summed E-state index contributed by atoms with van der Waals surface area (Å²) in [7, 11) is -3.74. The zero-order chi connectivity index (χ0) is 14.6. The van der Waals surface area contributed by atoms with Gasteiger partial charge in [-0.05, 0) is 5.56 Å². The van der Waals surface area contributed by atoms with E-state index in [1.807, 2.05) is 13.0 Å². The van der Waals surface area contributed by atoms with Gasteiger partial charge in [0.05, 0.1) is 18.8 Å². The number of aromatic nitrogens is 2. The molecule has 1 atom stereocenters. The SMILES string of the molecule is CCc1ncc(S(=O)(=O)N[C@H](CO)c2ccccc2)[nH]1. The lowest BCUT2D eigenvalue weighted by molar-refractivity contribution is 0.259. The maximum atomic E-state index is 12.2. The highest BCUT2D eigenvalue weighted by Crippen LogP contribution is 2.16. The van der Waals surface area contributed by atoms with Gasteiger partial charge in [0.1, 0.15) is 5.82 Å². The van der Waals surface area contributed by atoms with Crippen LogP contribution in [0.5, 0.6) is 0 Å². The van der Waals surface area contributed by atoms with Gasteiger partial charge in [-0.15, -0.1) is 0 Å². The molecule has 0 unspecified atom stereocenters. The molecule has 7 heteroatoms. The van der Waals surface area contributed by atoms with Crippen molar-refractivity contribution in [2.45, 2.75) is 24.4 Å². The van der Waals surface area contributed by atoms with Crippen molar-refractivity contribution in [3.8, 4) is 0 Å². The highest BCUT2D eigenvalue weighted by molar-refractivity contribution is 7.89. The molecule has 0 bridgehead atoms. The van der Waals surface area contributed by atoms with Crippen molar-refractivity contribution in [3.63, 3.8) is 0 Å². The molecule has 0 saturated carbocycles. The Morgan fingerprint density at radius 3 is 2.60 bits per heavy atom. The number of rotatable bonds is 6. The molecule has 20 heavy (non-hydrogen) atoms. The number of nitrogens with zero attached hydrogens (tertiary/aromatic N) is 1. The van der Waals surface area contributed by atoms with E-state index in [-0.39, 0.29) is 11.6 Å². The van der Waals surface area contributed by atoms with E-state index < -0.39 is 16.1 Å². The second-order valence-corrected chi connectivity index (χ2v) is 6.00. The molecule has 1 aromatic carbocycles. The van der Waals surface area contributed by atoms with E-state index >= 15 is 0 Å². The van der Waals surface area contributed by atoms with E-state index in [4.69, 9.17) is 0 Å². The molecule has 0 fully saturated rings. The Kier molecular flexibility index (Phi) is 4.53. The third-order valence-electron chi connectivity index (χ3n) is 2.91. The molecule has 0 radical (unpaired) electrons. The van der Waals surface area contributed by atoms with Crippen molar-refractivity contribution in [2.75, 3.05) is 6.61 Å². The predicted octanol–water partition coefficient (Wildman–Crippen LogP) is 0.984. The summed E-state index contributed by atoms with van der Waals surface area (Å²) in [5, 5.41) is 9.39. The molecule has 0 spiro atoms. The van der Waals surface area contributed by atoms with Gasteiger partial charge in [-0.2, -0.15) is 0 Å². The Hall–Kier alpha value is -1.70. The monoisotopic (exact) mass is 295 g/mol. The molecule has 1 heterocycles. The molecule has 0 saturated heterocycles. The molecular weight excluding hydrogens is 278 g/mol. The lowest BCUT2D eigenvalue weighted by atomic mass is 10.1. The van der Waals surface area contributed by atoms with E-state index in [0.29, 0.717) is 17.8 Å². The van der Waals surface area contributed by atoms with Crippen LogP contribution >= 0.6 is 0 Å². The van der Waals surface area contributed by atoms with E-state index in [9.17, 15) is 13.5 Å². The average molecular weight is 295 g/mol. The van der Waals surface area contributed by atoms with E-state index in [0.717, 1.165) is 0 Å². The number of aliphatic hydroxyl groups excluding tert-OH is 1. The van der Waals surface area contributed by atoms with Crippen LogP contribution in [0.2, 0.25) is 0 Å². The van der Waals surface area contributed by atoms with Crippen molar-refractivity contribution in [2.24, 2.45) is 0 Å². The van der Waals surface area contributed by atoms with E-state index in [1.54, 1.807) is 24.3 Å². The lowest BCUT2D eigenvalue weighted by Gasteiger charge is -2.15. The Labute approximate surface area is 117 Å². The molecular formula is C13H17N3O3S. The van der Waals surface area contributed by atoms with E-state index in [2.05, 4.69) is 14.7 Å². The normalized spacial score (nSPS) is 13.3. The number of imidazole rings is 1. The van der Waals surface area contributed by atoms with Crippen molar-refractivity contribution < 1.29 is 13.5 Å². The van der Waals surface area contributed by atoms with Gasteiger partial charge in [0.15, 0.2) is 5.03 Å². The minimum atomic E-state index is -3.74. The highest BCUT2D eigenvalue weighted by Gasteiger charge is 2.22. The molecule has 3 N–H and O–H groups in total. The topological polar surface area (TPSA) is 95.1 Å². The zero-order valence-electron chi connectivity index (χ0n) is 11.1. The fraction of sp³-hybridized carbons (Fsp3) is 0.308. The summed E-state index contributed by atoms with van der Waals surface area (Å²) >= 11 is 0. The van der Waals surface area contributed by atoms with E-state index in [1.165, 1.54) is 6.20 Å². The first-order chi connectivity index (χ1) is 9.56. The largest absolute Gasteiger partial charge is 0.394 e. The van der Waals surface area contributed by atoms with Gasteiger partial charge < -0.3 is 10.1 Å². The number of aliphatic hydroxyl groups is 1. The molecule has 108 valence electrons. The summed E-state index contributed by atoms with van der Waals surface area (Å²) in [6.07, 6.45) is 1.90. The Morgan fingerprint density at radius 2 is 2.05 bits per heavy atom. The van der Waals surface area contributed by atoms with Crippen LogP contribution < -0.4 is 4.72 Å². The Bertz CT molecular complexity index is 653. The van der Waals surface area contributed by atoms with Gasteiger partial charge in [-0.1, -0.05) is 37.3 Å². The lowest BCUT2D eigenvalue weighted by Crippen LogP contribution is -2.31. The fourth-order valence-electron chi connectivity index (χ4n) is 1.81. The summed E-state index contributed by atoms with van der Waals surface area (Å²) in [6.45, 7) is 1.56. The molecule has 0 aliphatic carbocycles. The van der Waals surface area contributed by atoms with Crippen LogP contribution in [0.25, 0.3) is 0 Å². The summed E-state index contributed by atoms with van der Waals surface area (Å²) in [6, 6.07) is 8.24. The molecule has 6 nitrogen and oxygen atoms in total. The number of nitrogens with one attached hydrogen (secondary N) is 2. The maximum absolute atomic E-state index is 12.2. The first kappa shape index (κ1) is 14.7. The average Bonchev–Trinajstić information content (AvgIpc) is 2.95. The van der Waals surface area contributed by atoms with Crippen LogP contribution in [0.4, 0.5) is 0 Å². The minimum Gasteiger partial charge on any atom is -0.394 e. The van der Waals surface area contributed by atoms with Crippen LogP contribution in [0, 0.1) is 0 Å². The van der Waals surface area contributed by atoms with Gasteiger partial charge >= 0.3 is 0 Å². The van der Waals surface area contributed by atoms with Crippen LogP contribution in [-0.4, -0.2) is 30.1 Å². The molecule has 0 aliphatic rings. The van der Waals surface area contributed by atoms with Crippen molar-refractivity contribution in [1.82, 2.24) is 14.7 Å². The van der Waals surface area contributed by atoms with Crippen LogP contribution in [0.1, 0.15) is 24.4 Å². The fourth-order valence-corrected chi connectivity index (χ4v) is 2.96. The third kappa shape index (κ3) is 3.24. The minimum absolute atomic E-state index is 0.00345. The predicted molar refractivity (Wildman–Crippen MR) is 74.6 cm³/mol. The zero-order valence-corrected chi connectivity index (χ0v) is 11.9. The number of hydrogen-bond acceptors (Lipinski definition) is 4. The summed E-state index contributed by atoms with van der Waals surface area (Å²) in [5.74, 6) is 0.602. The number of hydrogen-bond donors (Lipinski definition) is 3. The molecule has 1 aromatic heterocycles. The summed E-state index contributed by atoms with van der Waals surface area (Å²) < 4.78 is 26.9. The molecule has 0 aliphatic heterocycles. The number of benzene rings is 1. The van der Waals surface area contributed by atoms with Gasteiger partial charge in [0.2, 0.25) is 0 Å². The van der Waals surface area contributed by atoms with Gasteiger partial charge in [0.25, 0.3) is 10.0 Å². The third-order valence-corrected chi connectivity index (χ3v) is 4.29. The van der Waals surface area contributed by atoms with Gasteiger partial charge in [-0.3, -0.25) is 0 Å². The summed E-state index contributed by atoms with van der Waals surface area (Å²) in [4.78, 5) is 6.71. The van der Waals surface area contributed by atoms with Crippen molar-refractivity contribution in [1.29, 1.82) is 0 Å². The standard InChI is InChI=1S/C13H17N3O3S/c1-2-12-14-8-13(15-12)20(18,19)16-11(9-17)10-6-4-3-5-7-10/h3-8,11,16-17H,2,9H2,1H3,(H,14,15)/t11-/m1/s1. The van der Waals surface area contributed by atoms with Gasteiger partial charge in [0, 0.05) is 6.42 Å². The summed E-state index contributed by atoms with van der Waals surface area (Å²) in [5.41, 5.74) is 0.703. The number of sulfonamides is 1. The van der Waals surface area contributed by atoms with Crippen LogP contribution in [-0.2, 0) is 16.4 Å². The second-order valence-electron chi connectivity index (χ2n) is 4.31. The Morgan fingerprint density at radius 1 is 1.35 bits per heavy atom. The molecule has 2 aromatic rings. The Balaban J connectivity index is 2.22. The van der Waals surface area contributed by atoms with Crippen LogP contribution in [0.15, 0.2) is 41.6 Å².